The molecule has 5 heteroatoms. The van der Waals surface area contributed by atoms with Gasteiger partial charge in [-0.25, -0.2) is 4.79 Å². The van der Waals surface area contributed by atoms with E-state index in [-0.39, 0.29) is 18.7 Å². The molecule has 18 heavy (non-hydrogen) atoms. The summed E-state index contributed by atoms with van der Waals surface area (Å²) >= 11 is 0. The average Bonchev–Trinajstić information content (AvgIpc) is 2.37. The van der Waals surface area contributed by atoms with E-state index in [2.05, 4.69) is 0 Å². The molecule has 0 saturated carbocycles. The molecule has 0 bridgehead atoms. The smallest absolute Gasteiger partial charge is 0.349 e. The summed E-state index contributed by atoms with van der Waals surface area (Å²) in [5, 5.41) is 9.47. The lowest BCUT2D eigenvalue weighted by Gasteiger charge is -2.14. The van der Waals surface area contributed by atoms with E-state index in [1.165, 1.54) is 18.0 Å². The summed E-state index contributed by atoms with van der Waals surface area (Å²) in [6.45, 7) is 0.0201. The standard InChI is InChI=1S/C13H13NO4/c1-14(6-7-15)12(16)10-8-9-4-2-3-5-11(9)18-13(10)17/h2-5,8,15H,6-7H2,1H3. The lowest BCUT2D eigenvalue weighted by Crippen LogP contribution is -2.32. The highest BCUT2D eigenvalue weighted by Gasteiger charge is 2.17. The Morgan fingerprint density at radius 1 is 1.39 bits per heavy atom. The Kier molecular flexibility index (Phi) is 3.43. The van der Waals surface area contributed by atoms with Gasteiger partial charge in [-0.1, -0.05) is 18.2 Å². The topological polar surface area (TPSA) is 70.8 Å². The Hall–Kier alpha value is -2.14. The van der Waals surface area contributed by atoms with E-state index in [0.29, 0.717) is 11.0 Å². The van der Waals surface area contributed by atoms with Gasteiger partial charge in [0.1, 0.15) is 11.1 Å². The van der Waals surface area contributed by atoms with E-state index in [4.69, 9.17) is 9.52 Å². The highest BCUT2D eigenvalue weighted by Crippen LogP contribution is 2.13. The zero-order chi connectivity index (χ0) is 13.1. The van der Waals surface area contributed by atoms with Gasteiger partial charge in [-0.05, 0) is 12.1 Å². The molecular formula is C13H13NO4. The molecule has 1 amide bonds. The maximum atomic E-state index is 12.0. The molecule has 1 heterocycles. The first-order chi connectivity index (χ1) is 8.63. The first-order valence-corrected chi connectivity index (χ1v) is 5.52. The number of hydrogen-bond acceptors (Lipinski definition) is 4. The molecule has 0 spiro atoms. The molecule has 0 atom stereocenters. The third-order valence-electron chi connectivity index (χ3n) is 2.65. The van der Waals surface area contributed by atoms with E-state index in [9.17, 15) is 9.59 Å². The molecule has 5 nitrogen and oxygen atoms in total. The largest absolute Gasteiger partial charge is 0.422 e. The molecule has 0 aliphatic carbocycles. The number of carbonyl (C=O) groups is 1. The van der Waals surface area contributed by atoms with Crippen molar-refractivity contribution in [1.29, 1.82) is 0 Å². The lowest BCUT2D eigenvalue weighted by atomic mass is 10.1. The van der Waals surface area contributed by atoms with Crippen LogP contribution in [0.2, 0.25) is 0 Å². The van der Waals surface area contributed by atoms with Crippen molar-refractivity contribution >= 4 is 16.9 Å². The quantitative estimate of drug-likeness (QED) is 0.816. The number of amides is 1. The van der Waals surface area contributed by atoms with Gasteiger partial charge in [-0.15, -0.1) is 0 Å². The van der Waals surface area contributed by atoms with Crippen molar-refractivity contribution in [3.8, 4) is 0 Å². The predicted octanol–water partition coefficient (Wildman–Crippen LogP) is 0.857. The molecule has 0 aliphatic rings. The van der Waals surface area contributed by atoms with Crippen LogP contribution in [0.4, 0.5) is 0 Å². The average molecular weight is 247 g/mol. The number of likely N-dealkylation sites (N-methyl/N-ethyl adjacent to an activating group) is 1. The Bertz CT molecular complexity index is 632. The van der Waals surface area contributed by atoms with Crippen LogP contribution in [-0.2, 0) is 0 Å². The molecule has 0 fully saturated rings. The van der Waals surface area contributed by atoms with Crippen LogP contribution < -0.4 is 5.63 Å². The first-order valence-electron chi connectivity index (χ1n) is 5.52. The van der Waals surface area contributed by atoms with E-state index in [1.54, 1.807) is 24.3 Å². The van der Waals surface area contributed by atoms with Crippen molar-refractivity contribution in [1.82, 2.24) is 4.90 Å². The van der Waals surface area contributed by atoms with Gasteiger partial charge in [-0.2, -0.15) is 0 Å². The monoisotopic (exact) mass is 247 g/mol. The van der Waals surface area contributed by atoms with Crippen LogP contribution in [0.15, 0.2) is 39.5 Å². The number of aliphatic hydroxyl groups is 1. The van der Waals surface area contributed by atoms with E-state index >= 15 is 0 Å². The van der Waals surface area contributed by atoms with Crippen molar-refractivity contribution < 1.29 is 14.3 Å². The summed E-state index contributed by atoms with van der Waals surface area (Å²) in [7, 11) is 1.52. The molecule has 0 radical (unpaired) electrons. The van der Waals surface area contributed by atoms with E-state index in [0.717, 1.165) is 0 Å². The number of aliphatic hydroxyl groups excluding tert-OH is 1. The molecule has 94 valence electrons. The maximum absolute atomic E-state index is 12.0. The number of rotatable bonds is 3. The third-order valence-corrected chi connectivity index (χ3v) is 2.65. The summed E-state index contributed by atoms with van der Waals surface area (Å²) < 4.78 is 5.08. The van der Waals surface area contributed by atoms with Gasteiger partial charge in [0.2, 0.25) is 0 Å². The Morgan fingerprint density at radius 2 is 2.11 bits per heavy atom. The zero-order valence-corrected chi connectivity index (χ0v) is 9.92. The number of para-hydroxylation sites is 1. The molecule has 0 aliphatic heterocycles. The van der Waals surface area contributed by atoms with Crippen LogP contribution in [0.3, 0.4) is 0 Å². The van der Waals surface area contributed by atoms with Crippen LogP contribution in [0.25, 0.3) is 11.0 Å². The summed E-state index contributed by atoms with van der Waals surface area (Å²) in [6, 6.07) is 8.50. The molecular weight excluding hydrogens is 234 g/mol. The third kappa shape index (κ3) is 2.26. The SMILES string of the molecule is CN(CCO)C(=O)c1cc2ccccc2oc1=O. The van der Waals surface area contributed by atoms with Gasteiger partial charge in [0, 0.05) is 19.0 Å². The Morgan fingerprint density at radius 3 is 2.83 bits per heavy atom. The highest BCUT2D eigenvalue weighted by atomic mass is 16.4. The molecule has 1 aromatic heterocycles. The second-order valence-electron chi connectivity index (χ2n) is 3.94. The molecule has 0 unspecified atom stereocenters. The molecule has 2 rings (SSSR count). The van der Waals surface area contributed by atoms with Crippen molar-refractivity contribution in [2.24, 2.45) is 0 Å². The van der Waals surface area contributed by atoms with Gasteiger partial charge in [0.25, 0.3) is 5.91 Å². The Labute approximate surface area is 103 Å². The number of nitrogens with zero attached hydrogens (tertiary/aromatic N) is 1. The summed E-state index contributed by atoms with van der Waals surface area (Å²) in [5.74, 6) is -0.455. The van der Waals surface area contributed by atoms with Crippen LogP contribution in [0.5, 0.6) is 0 Å². The second kappa shape index (κ2) is 5.01. The maximum Gasteiger partial charge on any atom is 0.349 e. The van der Waals surface area contributed by atoms with Crippen molar-refractivity contribution in [2.45, 2.75) is 0 Å². The second-order valence-corrected chi connectivity index (χ2v) is 3.94. The van der Waals surface area contributed by atoms with Crippen LogP contribution in [-0.4, -0.2) is 36.1 Å². The Balaban J connectivity index is 2.48. The van der Waals surface area contributed by atoms with Crippen LogP contribution in [0.1, 0.15) is 10.4 Å². The van der Waals surface area contributed by atoms with E-state index in [1.807, 2.05) is 0 Å². The van der Waals surface area contributed by atoms with Crippen molar-refractivity contribution in [3.63, 3.8) is 0 Å². The number of fused-ring (bicyclic) bond motifs is 1. The minimum atomic E-state index is -0.663. The molecule has 1 aromatic carbocycles. The summed E-state index contributed by atoms with van der Waals surface area (Å²) in [5.41, 5.74) is -0.239. The fourth-order valence-corrected chi connectivity index (χ4v) is 1.67. The highest BCUT2D eigenvalue weighted by molar-refractivity contribution is 5.96. The summed E-state index contributed by atoms with van der Waals surface area (Å²) in [6.07, 6.45) is 0. The van der Waals surface area contributed by atoms with Crippen LogP contribution >= 0.6 is 0 Å². The fourth-order valence-electron chi connectivity index (χ4n) is 1.67. The van der Waals surface area contributed by atoms with Gasteiger partial charge < -0.3 is 14.4 Å². The van der Waals surface area contributed by atoms with Gasteiger partial charge in [0.05, 0.1) is 6.61 Å². The van der Waals surface area contributed by atoms with Gasteiger partial charge >= 0.3 is 5.63 Å². The van der Waals surface area contributed by atoms with Crippen LogP contribution in [0, 0.1) is 0 Å². The molecule has 0 saturated heterocycles. The lowest BCUT2D eigenvalue weighted by molar-refractivity contribution is 0.0763. The normalized spacial score (nSPS) is 10.6. The molecule has 1 N–H and O–H groups in total. The molecule has 2 aromatic rings. The minimum Gasteiger partial charge on any atom is -0.422 e. The van der Waals surface area contributed by atoms with E-state index < -0.39 is 11.5 Å². The van der Waals surface area contributed by atoms with Crippen molar-refractivity contribution in [3.05, 3.63) is 46.3 Å². The minimum absolute atomic E-state index is 0.0235. The zero-order valence-electron chi connectivity index (χ0n) is 9.92. The fraction of sp³-hybridized carbons (Fsp3) is 0.231. The number of benzene rings is 1. The first kappa shape index (κ1) is 12.3. The van der Waals surface area contributed by atoms with Crippen molar-refractivity contribution in [2.75, 3.05) is 20.2 Å². The van der Waals surface area contributed by atoms with Gasteiger partial charge in [-0.3, -0.25) is 4.79 Å². The number of hydrogen-bond donors (Lipinski definition) is 1. The number of carbonyl (C=O) groups excluding carboxylic acids is 1. The summed E-state index contributed by atoms with van der Waals surface area (Å²) in [4.78, 5) is 24.9. The predicted molar refractivity (Wildman–Crippen MR) is 66.5 cm³/mol. The van der Waals surface area contributed by atoms with Gasteiger partial charge in [0.15, 0.2) is 0 Å².